The number of carbonyl (C=O) groups is 1. The van der Waals surface area contributed by atoms with Crippen molar-refractivity contribution in [2.75, 3.05) is 18.4 Å². The molecule has 1 aliphatic rings. The van der Waals surface area contributed by atoms with Gasteiger partial charge in [-0.25, -0.2) is 4.98 Å². The Morgan fingerprint density at radius 3 is 2.76 bits per heavy atom. The third-order valence-corrected chi connectivity index (χ3v) is 3.45. The van der Waals surface area contributed by atoms with Crippen LogP contribution in [0.4, 0.5) is 11.5 Å². The van der Waals surface area contributed by atoms with Crippen molar-refractivity contribution in [2.24, 2.45) is 0 Å². The Morgan fingerprint density at radius 2 is 2.24 bits per heavy atom. The summed E-state index contributed by atoms with van der Waals surface area (Å²) in [5.41, 5.74) is 0.124. The van der Waals surface area contributed by atoms with E-state index < -0.39 is 4.92 Å². The summed E-state index contributed by atoms with van der Waals surface area (Å²) in [6.45, 7) is 5.18. The maximum absolute atomic E-state index is 12.6. The Bertz CT molecular complexity index is 543. The number of pyridine rings is 1. The highest BCUT2D eigenvalue weighted by atomic mass is 16.6. The number of hydrogen-bond acceptors (Lipinski definition) is 5. The molecule has 0 unspecified atom stereocenters. The third-order valence-electron chi connectivity index (χ3n) is 3.45. The first-order valence-corrected chi connectivity index (χ1v) is 7.27. The lowest BCUT2D eigenvalue weighted by Crippen LogP contribution is -2.33. The van der Waals surface area contributed by atoms with Crippen LogP contribution in [0.5, 0.6) is 0 Å². The highest BCUT2D eigenvalue weighted by molar-refractivity contribution is 5.99. The number of nitrogens with zero attached hydrogens (tertiary/aromatic N) is 3. The highest BCUT2D eigenvalue weighted by Gasteiger charge is 2.33. The summed E-state index contributed by atoms with van der Waals surface area (Å²) in [5.74, 6) is 0.237. The molecule has 1 heterocycles. The summed E-state index contributed by atoms with van der Waals surface area (Å²) in [6, 6.07) is 1.58. The van der Waals surface area contributed by atoms with Crippen molar-refractivity contribution in [2.45, 2.75) is 39.2 Å². The van der Waals surface area contributed by atoms with Gasteiger partial charge in [0, 0.05) is 25.2 Å². The van der Waals surface area contributed by atoms with Gasteiger partial charge in [0.2, 0.25) is 0 Å². The standard InChI is InChI=1S/C14H20N4O3/c1-3-7-15-13-12(8-11(9-16-13)18(20)21)14(19)17(4-2)10-5-6-10/h8-10H,3-7H2,1-2H3,(H,15,16). The van der Waals surface area contributed by atoms with Gasteiger partial charge in [0.25, 0.3) is 11.6 Å². The lowest BCUT2D eigenvalue weighted by atomic mass is 10.2. The van der Waals surface area contributed by atoms with Crippen molar-refractivity contribution < 1.29 is 9.72 Å². The van der Waals surface area contributed by atoms with Gasteiger partial charge in [-0.1, -0.05) is 6.92 Å². The summed E-state index contributed by atoms with van der Waals surface area (Å²) < 4.78 is 0. The van der Waals surface area contributed by atoms with Gasteiger partial charge in [-0.05, 0) is 26.2 Å². The van der Waals surface area contributed by atoms with Crippen LogP contribution in [-0.2, 0) is 0 Å². The molecule has 1 aliphatic carbocycles. The van der Waals surface area contributed by atoms with Gasteiger partial charge in [0.1, 0.15) is 12.0 Å². The third kappa shape index (κ3) is 3.48. The van der Waals surface area contributed by atoms with E-state index in [0.29, 0.717) is 18.9 Å². The molecular formula is C14H20N4O3. The van der Waals surface area contributed by atoms with Crippen LogP contribution < -0.4 is 5.32 Å². The molecule has 1 saturated carbocycles. The molecule has 1 aromatic rings. The van der Waals surface area contributed by atoms with Crippen LogP contribution in [0.15, 0.2) is 12.3 Å². The molecule has 1 amide bonds. The molecule has 0 saturated heterocycles. The zero-order valence-electron chi connectivity index (χ0n) is 12.3. The summed E-state index contributed by atoms with van der Waals surface area (Å²) in [4.78, 5) is 28.8. The number of anilines is 1. The second-order valence-corrected chi connectivity index (χ2v) is 5.10. The van der Waals surface area contributed by atoms with Crippen LogP contribution in [0.2, 0.25) is 0 Å². The molecule has 1 aromatic heterocycles. The largest absolute Gasteiger partial charge is 0.369 e. The summed E-state index contributed by atoms with van der Waals surface area (Å²) in [5, 5.41) is 14.0. The minimum absolute atomic E-state index is 0.160. The first-order chi connectivity index (χ1) is 10.1. The number of amides is 1. The molecule has 7 heteroatoms. The van der Waals surface area contributed by atoms with Crippen LogP contribution in [-0.4, -0.2) is 39.8 Å². The quantitative estimate of drug-likeness (QED) is 0.616. The molecule has 0 spiro atoms. The second kappa shape index (κ2) is 6.51. The molecule has 114 valence electrons. The van der Waals surface area contributed by atoms with Crippen molar-refractivity contribution in [3.8, 4) is 0 Å². The van der Waals surface area contributed by atoms with Crippen molar-refractivity contribution in [1.29, 1.82) is 0 Å². The first-order valence-electron chi connectivity index (χ1n) is 7.27. The van der Waals surface area contributed by atoms with Gasteiger partial charge in [-0.15, -0.1) is 0 Å². The summed E-state index contributed by atoms with van der Waals surface area (Å²) >= 11 is 0. The number of carbonyl (C=O) groups excluding carboxylic acids is 1. The smallest absolute Gasteiger partial charge is 0.288 e. The highest BCUT2D eigenvalue weighted by Crippen LogP contribution is 2.30. The van der Waals surface area contributed by atoms with Gasteiger partial charge >= 0.3 is 0 Å². The van der Waals surface area contributed by atoms with E-state index in [1.807, 2.05) is 13.8 Å². The summed E-state index contributed by atoms with van der Waals surface area (Å²) in [7, 11) is 0. The molecule has 2 rings (SSSR count). The van der Waals surface area contributed by atoms with Crippen molar-refractivity contribution in [1.82, 2.24) is 9.88 Å². The molecule has 7 nitrogen and oxygen atoms in total. The molecule has 1 N–H and O–H groups in total. The number of aromatic nitrogens is 1. The van der Waals surface area contributed by atoms with Crippen LogP contribution >= 0.6 is 0 Å². The average Bonchev–Trinajstić information content (AvgIpc) is 3.30. The molecule has 21 heavy (non-hydrogen) atoms. The van der Waals surface area contributed by atoms with E-state index in [0.717, 1.165) is 19.3 Å². The zero-order chi connectivity index (χ0) is 15.4. The monoisotopic (exact) mass is 292 g/mol. The van der Waals surface area contributed by atoms with Crippen LogP contribution in [0, 0.1) is 10.1 Å². The van der Waals surface area contributed by atoms with E-state index in [9.17, 15) is 14.9 Å². The molecule has 0 aliphatic heterocycles. The number of nitro groups is 1. The van der Waals surface area contributed by atoms with Crippen molar-refractivity contribution in [3.63, 3.8) is 0 Å². The van der Waals surface area contributed by atoms with E-state index in [1.165, 1.54) is 12.3 Å². The van der Waals surface area contributed by atoms with Gasteiger partial charge in [-0.2, -0.15) is 0 Å². The predicted molar refractivity (Wildman–Crippen MR) is 79.4 cm³/mol. The zero-order valence-corrected chi connectivity index (χ0v) is 12.3. The van der Waals surface area contributed by atoms with Crippen LogP contribution in [0.1, 0.15) is 43.5 Å². The Morgan fingerprint density at radius 1 is 1.52 bits per heavy atom. The average molecular weight is 292 g/mol. The van der Waals surface area contributed by atoms with Crippen LogP contribution in [0.3, 0.4) is 0 Å². The fraction of sp³-hybridized carbons (Fsp3) is 0.571. The lowest BCUT2D eigenvalue weighted by Gasteiger charge is -2.21. The van der Waals surface area contributed by atoms with Gasteiger partial charge < -0.3 is 10.2 Å². The van der Waals surface area contributed by atoms with Crippen molar-refractivity contribution in [3.05, 3.63) is 27.9 Å². The number of nitrogens with one attached hydrogen (secondary N) is 1. The minimum atomic E-state index is -0.527. The normalized spacial score (nSPS) is 13.8. The topological polar surface area (TPSA) is 88.4 Å². The molecule has 0 radical (unpaired) electrons. The molecule has 0 bridgehead atoms. The maximum atomic E-state index is 12.6. The van der Waals surface area contributed by atoms with Crippen molar-refractivity contribution >= 4 is 17.4 Å². The van der Waals surface area contributed by atoms with E-state index in [4.69, 9.17) is 0 Å². The number of hydrogen-bond donors (Lipinski definition) is 1. The van der Waals surface area contributed by atoms with Gasteiger partial charge in [0.15, 0.2) is 0 Å². The molecule has 0 aromatic carbocycles. The lowest BCUT2D eigenvalue weighted by molar-refractivity contribution is -0.385. The van der Waals surface area contributed by atoms with Gasteiger partial charge in [0.05, 0.1) is 10.5 Å². The maximum Gasteiger partial charge on any atom is 0.288 e. The van der Waals surface area contributed by atoms with Crippen LogP contribution in [0.25, 0.3) is 0 Å². The van der Waals surface area contributed by atoms with E-state index >= 15 is 0 Å². The Labute approximate surface area is 123 Å². The second-order valence-electron chi connectivity index (χ2n) is 5.10. The van der Waals surface area contributed by atoms with E-state index in [-0.39, 0.29) is 23.2 Å². The summed E-state index contributed by atoms with van der Waals surface area (Å²) in [6.07, 6.45) is 4.06. The first kappa shape index (κ1) is 15.2. The molecular weight excluding hydrogens is 272 g/mol. The Hall–Kier alpha value is -2.18. The Kier molecular flexibility index (Phi) is 4.72. The van der Waals surface area contributed by atoms with E-state index in [1.54, 1.807) is 4.90 Å². The van der Waals surface area contributed by atoms with Gasteiger partial charge in [-0.3, -0.25) is 14.9 Å². The Balaban J connectivity index is 2.34. The SMILES string of the molecule is CCCNc1ncc([N+](=O)[O-])cc1C(=O)N(CC)C1CC1. The fourth-order valence-electron chi connectivity index (χ4n) is 2.21. The van der Waals surface area contributed by atoms with E-state index in [2.05, 4.69) is 10.3 Å². The minimum Gasteiger partial charge on any atom is -0.369 e. The molecule has 1 fully saturated rings. The predicted octanol–water partition coefficient (Wildman–Crippen LogP) is 2.44. The fourth-order valence-corrected chi connectivity index (χ4v) is 2.21. The number of rotatable bonds is 7. The molecule has 0 atom stereocenters.